The number of hydrogen-bond donors (Lipinski definition) is 1. The molecule has 0 spiro atoms. The zero-order chi connectivity index (χ0) is 11.5. The zero-order valence-electron chi connectivity index (χ0n) is 10.4. The molecule has 1 N–H and O–H groups in total. The van der Waals surface area contributed by atoms with E-state index in [2.05, 4.69) is 17.5 Å². The minimum Gasteiger partial charge on any atom is -0.469 e. The summed E-state index contributed by atoms with van der Waals surface area (Å²) in [5.74, 6) is 1.20. The second-order valence-electron chi connectivity index (χ2n) is 5.20. The molecule has 17 heavy (non-hydrogen) atoms. The molecule has 0 fully saturated rings. The number of hydrogen-bond acceptors (Lipinski definition) is 2. The Balaban J connectivity index is 1.53. The topological polar surface area (TPSA) is 25.2 Å². The monoisotopic (exact) mass is 231 g/mol. The molecule has 92 valence electrons. The second-order valence-corrected chi connectivity index (χ2v) is 5.20. The van der Waals surface area contributed by atoms with E-state index in [0.29, 0.717) is 6.04 Å². The molecule has 2 aliphatic rings. The lowest BCUT2D eigenvalue weighted by atomic mass is 9.93. The van der Waals surface area contributed by atoms with Gasteiger partial charge < -0.3 is 9.73 Å². The van der Waals surface area contributed by atoms with Crippen molar-refractivity contribution in [3.05, 3.63) is 35.3 Å². The van der Waals surface area contributed by atoms with Gasteiger partial charge in [-0.05, 0) is 51.1 Å². The lowest BCUT2D eigenvalue weighted by Crippen LogP contribution is -2.25. The van der Waals surface area contributed by atoms with Gasteiger partial charge in [0.2, 0.25) is 0 Å². The van der Waals surface area contributed by atoms with Gasteiger partial charge in [0, 0.05) is 18.0 Å². The first-order chi connectivity index (χ1) is 8.43. The third kappa shape index (κ3) is 2.47. The van der Waals surface area contributed by atoms with Crippen LogP contribution in [0.1, 0.15) is 55.9 Å². The van der Waals surface area contributed by atoms with Crippen LogP contribution in [-0.4, -0.2) is 6.54 Å². The highest BCUT2D eigenvalue weighted by Gasteiger charge is 2.21. The van der Waals surface area contributed by atoms with E-state index >= 15 is 0 Å². The molecule has 2 aliphatic carbocycles. The van der Waals surface area contributed by atoms with Crippen LogP contribution in [-0.2, 0) is 6.42 Å². The molecule has 0 saturated carbocycles. The number of nitrogens with one attached hydrogen (secondary N) is 1. The van der Waals surface area contributed by atoms with Gasteiger partial charge in [-0.1, -0.05) is 11.6 Å². The first-order valence-electron chi connectivity index (χ1n) is 6.91. The van der Waals surface area contributed by atoms with Crippen LogP contribution in [0.2, 0.25) is 0 Å². The van der Waals surface area contributed by atoms with Crippen molar-refractivity contribution in [2.24, 2.45) is 0 Å². The highest BCUT2D eigenvalue weighted by molar-refractivity contribution is 5.24. The van der Waals surface area contributed by atoms with Gasteiger partial charge in [0.25, 0.3) is 0 Å². The number of fused-ring (bicyclic) bond motifs is 1. The Labute approximate surface area is 103 Å². The Hall–Kier alpha value is -1.02. The molecule has 2 heteroatoms. The molecule has 3 rings (SSSR count). The summed E-state index contributed by atoms with van der Waals surface area (Å²) >= 11 is 0. The van der Waals surface area contributed by atoms with E-state index in [4.69, 9.17) is 4.42 Å². The fraction of sp³-hybridized carbons (Fsp3) is 0.600. The number of furan rings is 1. The molecule has 0 saturated heterocycles. The van der Waals surface area contributed by atoms with Crippen molar-refractivity contribution in [3.63, 3.8) is 0 Å². The number of allylic oxidation sites excluding steroid dienone is 1. The Morgan fingerprint density at radius 3 is 3.18 bits per heavy atom. The molecular weight excluding hydrogens is 210 g/mol. The predicted molar refractivity (Wildman–Crippen MR) is 68.9 cm³/mol. The Bertz CT molecular complexity index is 405. The molecule has 1 atom stereocenters. The quantitative estimate of drug-likeness (QED) is 0.798. The van der Waals surface area contributed by atoms with Crippen molar-refractivity contribution in [1.29, 1.82) is 0 Å². The van der Waals surface area contributed by atoms with Gasteiger partial charge >= 0.3 is 0 Å². The Morgan fingerprint density at radius 2 is 2.29 bits per heavy atom. The standard InChI is InChI=1S/C15H21NO/c1-2-5-12(4-1)8-10-16-14-6-3-7-15-13(14)9-11-17-15/h4,9,11,14,16H,1-3,5-8,10H2. The third-order valence-electron chi connectivity index (χ3n) is 4.02. The van der Waals surface area contributed by atoms with Crippen LogP contribution in [0.3, 0.4) is 0 Å². The molecule has 0 aliphatic heterocycles. The maximum absolute atomic E-state index is 5.51. The molecule has 0 radical (unpaired) electrons. The summed E-state index contributed by atoms with van der Waals surface area (Å²) in [5.41, 5.74) is 3.05. The summed E-state index contributed by atoms with van der Waals surface area (Å²) in [6, 6.07) is 2.67. The van der Waals surface area contributed by atoms with Crippen LogP contribution in [0.4, 0.5) is 0 Å². The van der Waals surface area contributed by atoms with Gasteiger partial charge in [-0.25, -0.2) is 0 Å². The average Bonchev–Trinajstić information content (AvgIpc) is 2.99. The summed E-state index contributed by atoms with van der Waals surface area (Å²) in [4.78, 5) is 0. The van der Waals surface area contributed by atoms with Gasteiger partial charge in [0.1, 0.15) is 5.76 Å². The lowest BCUT2D eigenvalue weighted by molar-refractivity contribution is 0.413. The number of aryl methyl sites for hydroxylation is 1. The van der Waals surface area contributed by atoms with Gasteiger partial charge in [-0.15, -0.1) is 0 Å². The van der Waals surface area contributed by atoms with E-state index in [-0.39, 0.29) is 0 Å². The first-order valence-corrected chi connectivity index (χ1v) is 6.91. The lowest BCUT2D eigenvalue weighted by Gasteiger charge is -2.22. The zero-order valence-corrected chi connectivity index (χ0v) is 10.4. The second kappa shape index (κ2) is 5.09. The van der Waals surface area contributed by atoms with E-state index in [9.17, 15) is 0 Å². The first kappa shape index (κ1) is 11.1. The van der Waals surface area contributed by atoms with Crippen LogP contribution >= 0.6 is 0 Å². The molecule has 0 bridgehead atoms. The van der Waals surface area contributed by atoms with Crippen LogP contribution in [0.25, 0.3) is 0 Å². The largest absolute Gasteiger partial charge is 0.469 e. The van der Waals surface area contributed by atoms with E-state index in [1.807, 2.05) is 6.26 Å². The molecule has 0 amide bonds. The summed E-state index contributed by atoms with van der Waals surface area (Å²) in [6.07, 6.45) is 13.1. The van der Waals surface area contributed by atoms with E-state index < -0.39 is 0 Å². The van der Waals surface area contributed by atoms with Gasteiger partial charge in [-0.2, -0.15) is 0 Å². The third-order valence-corrected chi connectivity index (χ3v) is 4.02. The fourth-order valence-electron chi connectivity index (χ4n) is 3.07. The fourth-order valence-corrected chi connectivity index (χ4v) is 3.07. The van der Waals surface area contributed by atoms with Crippen LogP contribution in [0, 0.1) is 0 Å². The van der Waals surface area contributed by atoms with Crippen molar-refractivity contribution in [1.82, 2.24) is 5.32 Å². The number of rotatable bonds is 4. The van der Waals surface area contributed by atoms with Gasteiger partial charge in [0.15, 0.2) is 0 Å². The molecule has 1 unspecified atom stereocenters. The maximum Gasteiger partial charge on any atom is 0.108 e. The minimum atomic E-state index is 0.527. The van der Waals surface area contributed by atoms with Crippen molar-refractivity contribution in [3.8, 4) is 0 Å². The molecular formula is C15H21NO. The van der Waals surface area contributed by atoms with Crippen molar-refractivity contribution in [2.75, 3.05) is 6.54 Å². The molecule has 2 nitrogen and oxygen atoms in total. The van der Waals surface area contributed by atoms with E-state index in [1.165, 1.54) is 49.8 Å². The highest BCUT2D eigenvalue weighted by Crippen LogP contribution is 2.30. The summed E-state index contributed by atoms with van der Waals surface area (Å²) in [5, 5.41) is 3.69. The summed E-state index contributed by atoms with van der Waals surface area (Å²) in [6.45, 7) is 1.11. The normalized spacial score (nSPS) is 23.5. The van der Waals surface area contributed by atoms with Gasteiger partial charge in [0.05, 0.1) is 6.26 Å². The summed E-state index contributed by atoms with van der Waals surface area (Å²) < 4.78 is 5.51. The smallest absolute Gasteiger partial charge is 0.108 e. The SMILES string of the molecule is C1=C(CCNC2CCCc3occc32)CCC1. The van der Waals surface area contributed by atoms with Gasteiger partial charge in [-0.3, -0.25) is 0 Å². The van der Waals surface area contributed by atoms with Crippen molar-refractivity contribution in [2.45, 2.75) is 51.0 Å². The molecule has 1 aromatic heterocycles. The minimum absolute atomic E-state index is 0.527. The predicted octanol–water partition coefficient (Wildman–Crippen LogP) is 3.75. The maximum atomic E-state index is 5.51. The van der Waals surface area contributed by atoms with Crippen LogP contribution in [0.15, 0.2) is 28.4 Å². The molecule has 0 aromatic carbocycles. The van der Waals surface area contributed by atoms with Crippen LogP contribution < -0.4 is 5.32 Å². The average molecular weight is 231 g/mol. The van der Waals surface area contributed by atoms with E-state index in [1.54, 1.807) is 5.57 Å². The highest BCUT2D eigenvalue weighted by atomic mass is 16.3. The van der Waals surface area contributed by atoms with Crippen LogP contribution in [0.5, 0.6) is 0 Å². The van der Waals surface area contributed by atoms with Crippen molar-refractivity contribution >= 4 is 0 Å². The molecule has 1 aromatic rings. The Morgan fingerprint density at radius 1 is 1.29 bits per heavy atom. The Kier molecular flexibility index (Phi) is 3.32. The van der Waals surface area contributed by atoms with Crippen molar-refractivity contribution < 1.29 is 4.42 Å². The van der Waals surface area contributed by atoms with E-state index in [0.717, 1.165) is 13.0 Å². The summed E-state index contributed by atoms with van der Waals surface area (Å²) in [7, 11) is 0. The molecule has 1 heterocycles.